The third-order valence-electron chi connectivity index (χ3n) is 2.50. The summed E-state index contributed by atoms with van der Waals surface area (Å²) in [7, 11) is 0. The second-order valence-electron chi connectivity index (χ2n) is 4.22. The summed E-state index contributed by atoms with van der Waals surface area (Å²) in [6.07, 6.45) is 0. The number of primary amides is 1. The van der Waals surface area contributed by atoms with Crippen LogP contribution in [0.3, 0.4) is 0 Å². The number of hydrogen-bond acceptors (Lipinski definition) is 7. The fraction of sp³-hybridized carbons (Fsp3) is 0.231. The lowest BCUT2D eigenvalue weighted by molar-refractivity contribution is -0.115. The molecule has 1 aromatic heterocycles. The Kier molecular flexibility index (Phi) is 6.42. The number of Topliss-reactive ketones (excluding diaryl/α,β-unsaturated/α-hetero) is 1. The summed E-state index contributed by atoms with van der Waals surface area (Å²) < 4.78 is 2.30. The van der Waals surface area contributed by atoms with Crippen LogP contribution < -0.4 is 5.73 Å². The van der Waals surface area contributed by atoms with Gasteiger partial charge in [0.05, 0.1) is 11.0 Å². The Hall–Kier alpha value is -0.900. The van der Waals surface area contributed by atoms with Crippen LogP contribution in [0.5, 0.6) is 0 Å². The molecule has 22 heavy (non-hydrogen) atoms. The van der Waals surface area contributed by atoms with Crippen molar-refractivity contribution in [2.75, 3.05) is 5.75 Å². The molecule has 9 heteroatoms. The molecule has 0 spiro atoms. The van der Waals surface area contributed by atoms with Crippen molar-refractivity contribution in [2.24, 2.45) is 5.73 Å². The molecule has 1 aromatic carbocycles. The fourth-order valence-corrected chi connectivity index (χ4v) is 4.73. The standard InChI is InChI=1S/C13H12BrN3O2S3/c1-7(11(19)8-2-4-9(14)5-3-8)21-13-17-16-12(22-13)20-6-10(15)18/h2-5,7H,6H2,1H3,(H2,15,18). The zero-order valence-corrected chi connectivity index (χ0v) is 15.5. The topological polar surface area (TPSA) is 85.9 Å². The third kappa shape index (κ3) is 5.08. The Bertz CT molecular complexity index is 675. The molecule has 0 radical (unpaired) electrons. The van der Waals surface area contributed by atoms with Gasteiger partial charge in [0.1, 0.15) is 0 Å². The Morgan fingerprint density at radius 3 is 2.55 bits per heavy atom. The number of nitrogens with two attached hydrogens (primary N) is 1. The van der Waals surface area contributed by atoms with Crippen molar-refractivity contribution in [1.82, 2.24) is 10.2 Å². The number of carbonyl (C=O) groups excluding carboxylic acids is 2. The minimum atomic E-state index is -0.395. The average molecular weight is 418 g/mol. The number of hydrogen-bond donors (Lipinski definition) is 1. The van der Waals surface area contributed by atoms with E-state index in [4.69, 9.17) is 5.73 Å². The maximum atomic E-state index is 12.3. The van der Waals surface area contributed by atoms with Crippen LogP contribution in [-0.2, 0) is 4.79 Å². The molecule has 0 bridgehead atoms. The number of ketones is 1. The Morgan fingerprint density at radius 2 is 1.91 bits per heavy atom. The van der Waals surface area contributed by atoms with E-state index in [-0.39, 0.29) is 16.8 Å². The minimum Gasteiger partial charge on any atom is -0.369 e. The van der Waals surface area contributed by atoms with Crippen molar-refractivity contribution in [3.63, 3.8) is 0 Å². The lowest BCUT2D eigenvalue weighted by atomic mass is 10.1. The van der Waals surface area contributed by atoms with Gasteiger partial charge in [-0.15, -0.1) is 10.2 Å². The predicted octanol–water partition coefficient (Wildman–Crippen LogP) is 3.24. The van der Waals surface area contributed by atoms with Crippen molar-refractivity contribution in [3.05, 3.63) is 34.3 Å². The van der Waals surface area contributed by atoms with Crippen LogP contribution in [0.1, 0.15) is 17.3 Å². The van der Waals surface area contributed by atoms with Gasteiger partial charge in [0.2, 0.25) is 5.91 Å². The maximum Gasteiger partial charge on any atom is 0.227 e. The fourth-order valence-electron chi connectivity index (χ4n) is 1.49. The molecule has 0 aliphatic carbocycles. The van der Waals surface area contributed by atoms with Crippen LogP contribution in [0.2, 0.25) is 0 Å². The van der Waals surface area contributed by atoms with Crippen molar-refractivity contribution in [1.29, 1.82) is 0 Å². The van der Waals surface area contributed by atoms with Gasteiger partial charge in [0.15, 0.2) is 14.5 Å². The quantitative estimate of drug-likeness (QED) is 0.549. The van der Waals surface area contributed by atoms with Gasteiger partial charge in [-0.1, -0.05) is 62.9 Å². The van der Waals surface area contributed by atoms with Crippen LogP contribution in [0, 0.1) is 0 Å². The molecule has 0 aliphatic heterocycles. The van der Waals surface area contributed by atoms with Gasteiger partial charge in [-0.2, -0.15) is 0 Å². The number of rotatable bonds is 7. The molecule has 1 atom stereocenters. The lowest BCUT2D eigenvalue weighted by Gasteiger charge is -2.07. The first-order valence-electron chi connectivity index (χ1n) is 6.16. The van der Waals surface area contributed by atoms with Crippen LogP contribution in [0.25, 0.3) is 0 Å². The Balaban J connectivity index is 1.96. The normalized spacial score (nSPS) is 12.1. The van der Waals surface area contributed by atoms with Crippen LogP contribution in [0.15, 0.2) is 37.4 Å². The zero-order chi connectivity index (χ0) is 16.1. The number of carbonyl (C=O) groups is 2. The zero-order valence-electron chi connectivity index (χ0n) is 11.5. The molecule has 5 nitrogen and oxygen atoms in total. The highest BCUT2D eigenvalue weighted by molar-refractivity contribution is 9.10. The lowest BCUT2D eigenvalue weighted by Crippen LogP contribution is -2.13. The molecule has 0 saturated carbocycles. The molecule has 1 unspecified atom stereocenters. The van der Waals surface area contributed by atoms with Gasteiger partial charge < -0.3 is 5.73 Å². The largest absolute Gasteiger partial charge is 0.369 e. The predicted molar refractivity (Wildman–Crippen MR) is 93.6 cm³/mol. The van der Waals surface area contributed by atoms with E-state index in [9.17, 15) is 9.59 Å². The molecular weight excluding hydrogens is 406 g/mol. The van der Waals surface area contributed by atoms with Crippen LogP contribution >= 0.6 is 50.8 Å². The van der Waals surface area contributed by atoms with Gasteiger partial charge in [0, 0.05) is 10.0 Å². The summed E-state index contributed by atoms with van der Waals surface area (Å²) in [6, 6.07) is 7.26. The molecular formula is C13H12BrN3O2S3. The second kappa shape index (κ2) is 8.09. The molecule has 2 rings (SSSR count). The van der Waals surface area contributed by atoms with E-state index < -0.39 is 5.91 Å². The number of nitrogens with zero attached hydrogens (tertiary/aromatic N) is 2. The SMILES string of the molecule is CC(Sc1nnc(SCC(N)=O)s1)C(=O)c1ccc(Br)cc1. The average Bonchev–Trinajstić information content (AvgIpc) is 2.92. The smallest absolute Gasteiger partial charge is 0.227 e. The summed E-state index contributed by atoms with van der Waals surface area (Å²) >= 11 is 7.31. The van der Waals surface area contributed by atoms with Gasteiger partial charge in [0.25, 0.3) is 0 Å². The van der Waals surface area contributed by atoms with E-state index in [1.807, 2.05) is 19.1 Å². The molecule has 2 aromatic rings. The molecule has 0 aliphatic rings. The first-order chi connectivity index (χ1) is 10.5. The van der Waals surface area contributed by atoms with Gasteiger partial charge in [-0.05, 0) is 19.1 Å². The second-order valence-corrected chi connectivity index (χ2v) is 8.92. The van der Waals surface area contributed by atoms with Gasteiger partial charge in [-0.25, -0.2) is 0 Å². The highest BCUT2D eigenvalue weighted by Crippen LogP contribution is 2.32. The summed E-state index contributed by atoms with van der Waals surface area (Å²) in [5.41, 5.74) is 5.75. The number of benzene rings is 1. The van der Waals surface area contributed by atoms with E-state index >= 15 is 0 Å². The molecule has 0 fully saturated rings. The Morgan fingerprint density at radius 1 is 1.27 bits per heavy atom. The van der Waals surface area contributed by atoms with E-state index in [2.05, 4.69) is 26.1 Å². The summed E-state index contributed by atoms with van der Waals surface area (Å²) in [4.78, 5) is 23.1. The number of thioether (sulfide) groups is 2. The minimum absolute atomic E-state index is 0.0408. The summed E-state index contributed by atoms with van der Waals surface area (Å²) in [5.74, 6) is -0.181. The van der Waals surface area contributed by atoms with E-state index in [0.29, 0.717) is 14.2 Å². The summed E-state index contributed by atoms with van der Waals surface area (Å²) in [6.45, 7) is 1.84. The van der Waals surface area contributed by atoms with Crippen LogP contribution in [0.4, 0.5) is 0 Å². The molecule has 2 N–H and O–H groups in total. The first-order valence-corrected chi connectivity index (χ1v) is 9.64. The van der Waals surface area contributed by atoms with E-state index in [1.54, 1.807) is 12.1 Å². The van der Waals surface area contributed by atoms with E-state index in [0.717, 1.165) is 4.47 Å². The van der Waals surface area contributed by atoms with Gasteiger partial charge >= 0.3 is 0 Å². The van der Waals surface area contributed by atoms with Crippen molar-refractivity contribution < 1.29 is 9.59 Å². The third-order valence-corrected chi connectivity index (χ3v) is 6.29. The number of aromatic nitrogens is 2. The summed E-state index contributed by atoms with van der Waals surface area (Å²) in [5, 5.41) is 7.73. The highest BCUT2D eigenvalue weighted by atomic mass is 79.9. The van der Waals surface area contributed by atoms with Crippen LogP contribution in [-0.4, -0.2) is 32.9 Å². The molecule has 1 amide bonds. The van der Waals surface area contributed by atoms with Crippen molar-refractivity contribution in [3.8, 4) is 0 Å². The van der Waals surface area contributed by atoms with Gasteiger partial charge in [-0.3, -0.25) is 9.59 Å². The van der Waals surface area contributed by atoms with Crippen molar-refractivity contribution in [2.45, 2.75) is 20.9 Å². The van der Waals surface area contributed by atoms with E-state index in [1.165, 1.54) is 34.9 Å². The monoisotopic (exact) mass is 417 g/mol. The number of amides is 1. The molecule has 1 heterocycles. The molecule has 116 valence electrons. The highest BCUT2D eigenvalue weighted by Gasteiger charge is 2.19. The Labute approximate surface area is 148 Å². The molecule has 0 saturated heterocycles. The number of halogens is 1. The first kappa shape index (κ1) is 17.5. The maximum absolute atomic E-state index is 12.3. The van der Waals surface area contributed by atoms with Crippen molar-refractivity contribution >= 4 is 62.5 Å².